The van der Waals surface area contributed by atoms with Crippen molar-refractivity contribution in [1.29, 1.82) is 0 Å². The third kappa shape index (κ3) is 1.91. The fourth-order valence-electron chi connectivity index (χ4n) is 3.10. The molecule has 1 heterocycles. The van der Waals surface area contributed by atoms with Crippen LogP contribution in [0.5, 0.6) is 0 Å². The zero-order valence-corrected chi connectivity index (χ0v) is 10.6. The number of amides is 1. The Labute approximate surface area is 107 Å². The fraction of sp³-hybridized carbons (Fsp3) is 0.500. The van der Waals surface area contributed by atoms with E-state index in [1.807, 2.05) is 37.4 Å². The van der Waals surface area contributed by atoms with Gasteiger partial charge in [-0.2, -0.15) is 0 Å². The summed E-state index contributed by atoms with van der Waals surface area (Å²) in [7, 11) is 1.85. The molecule has 4 heteroatoms. The van der Waals surface area contributed by atoms with Crippen molar-refractivity contribution in [3.63, 3.8) is 0 Å². The second-order valence-corrected chi connectivity index (χ2v) is 5.20. The van der Waals surface area contributed by atoms with Gasteiger partial charge in [0.05, 0.1) is 0 Å². The highest BCUT2D eigenvalue weighted by Crippen LogP contribution is 2.32. The van der Waals surface area contributed by atoms with Crippen molar-refractivity contribution in [1.82, 2.24) is 10.9 Å². The monoisotopic (exact) mass is 245 g/mol. The van der Waals surface area contributed by atoms with Gasteiger partial charge in [0.25, 0.3) is 0 Å². The Bertz CT molecular complexity index is 434. The number of hydrogen-bond donors (Lipinski definition) is 2. The summed E-state index contributed by atoms with van der Waals surface area (Å²) in [5.41, 5.74) is 7.38. The molecule has 1 saturated carbocycles. The summed E-state index contributed by atoms with van der Waals surface area (Å²) >= 11 is 0. The van der Waals surface area contributed by atoms with E-state index in [0.29, 0.717) is 12.0 Å². The molecule has 0 bridgehead atoms. The van der Waals surface area contributed by atoms with Crippen molar-refractivity contribution in [2.24, 2.45) is 5.92 Å². The molecule has 0 radical (unpaired) electrons. The molecule has 96 valence electrons. The lowest BCUT2D eigenvalue weighted by Gasteiger charge is -2.23. The molecule has 2 aliphatic rings. The van der Waals surface area contributed by atoms with Gasteiger partial charge in [0.1, 0.15) is 6.04 Å². The summed E-state index contributed by atoms with van der Waals surface area (Å²) in [5, 5.41) is 0. The van der Waals surface area contributed by atoms with Crippen LogP contribution < -0.4 is 15.8 Å². The van der Waals surface area contributed by atoms with Gasteiger partial charge in [-0.3, -0.25) is 10.2 Å². The number of carbonyl (C=O) groups is 1. The lowest BCUT2D eigenvalue weighted by Crippen LogP contribution is -2.46. The predicted molar refractivity (Wildman–Crippen MR) is 71.0 cm³/mol. The maximum Gasteiger partial charge on any atom is 0.245 e. The molecule has 3 rings (SSSR count). The molecule has 3 unspecified atom stereocenters. The van der Waals surface area contributed by atoms with Crippen molar-refractivity contribution in [2.45, 2.75) is 31.3 Å². The number of nitrogens with zero attached hydrogens (tertiary/aromatic N) is 1. The Morgan fingerprint density at radius 2 is 2.00 bits per heavy atom. The topological polar surface area (TPSA) is 44.4 Å². The zero-order chi connectivity index (χ0) is 12.5. The van der Waals surface area contributed by atoms with E-state index >= 15 is 0 Å². The van der Waals surface area contributed by atoms with E-state index in [4.69, 9.17) is 0 Å². The third-order valence-electron chi connectivity index (χ3n) is 4.16. The van der Waals surface area contributed by atoms with Crippen molar-refractivity contribution in [3.05, 3.63) is 30.3 Å². The van der Waals surface area contributed by atoms with E-state index < -0.39 is 0 Å². The molecule has 18 heavy (non-hydrogen) atoms. The molecule has 1 aliphatic carbocycles. The first-order chi connectivity index (χ1) is 8.77. The first-order valence-corrected chi connectivity index (χ1v) is 6.61. The molecular formula is C14H19N3O. The van der Waals surface area contributed by atoms with Crippen LogP contribution >= 0.6 is 0 Å². The highest BCUT2D eigenvalue weighted by atomic mass is 16.2. The lowest BCUT2D eigenvalue weighted by molar-refractivity contribution is -0.120. The predicted octanol–water partition coefficient (Wildman–Crippen LogP) is 1.29. The van der Waals surface area contributed by atoms with Crippen LogP contribution in [-0.4, -0.2) is 25.0 Å². The minimum absolute atomic E-state index is 0.0808. The number of benzene rings is 1. The smallest absolute Gasteiger partial charge is 0.245 e. The van der Waals surface area contributed by atoms with E-state index in [9.17, 15) is 4.79 Å². The minimum Gasteiger partial charge on any atom is -0.314 e. The van der Waals surface area contributed by atoms with E-state index in [1.54, 1.807) is 4.90 Å². The number of likely N-dealkylation sites (N-methyl/N-ethyl adjacent to an activating group) is 1. The van der Waals surface area contributed by atoms with Crippen LogP contribution in [0.25, 0.3) is 0 Å². The molecule has 2 fully saturated rings. The van der Waals surface area contributed by atoms with Crippen molar-refractivity contribution >= 4 is 11.6 Å². The van der Waals surface area contributed by atoms with Crippen molar-refractivity contribution in [2.75, 3.05) is 11.9 Å². The third-order valence-corrected chi connectivity index (χ3v) is 4.16. The SMILES string of the molecule is CN(C(=O)C1NNC2CCCC21)c1ccccc1. The van der Waals surface area contributed by atoms with Crippen molar-refractivity contribution < 1.29 is 4.79 Å². The molecule has 1 saturated heterocycles. The van der Waals surface area contributed by atoms with Gasteiger partial charge in [-0.25, -0.2) is 5.43 Å². The average molecular weight is 245 g/mol. The number of hydrazine groups is 1. The molecule has 0 aromatic heterocycles. The Morgan fingerprint density at radius 3 is 2.78 bits per heavy atom. The Kier molecular flexibility index (Phi) is 3.06. The Balaban J connectivity index is 1.75. The summed E-state index contributed by atoms with van der Waals surface area (Å²) in [6, 6.07) is 10.2. The normalized spacial score (nSPS) is 30.2. The summed E-state index contributed by atoms with van der Waals surface area (Å²) < 4.78 is 0. The second kappa shape index (κ2) is 4.71. The largest absolute Gasteiger partial charge is 0.314 e. The van der Waals surface area contributed by atoms with Crippen molar-refractivity contribution in [3.8, 4) is 0 Å². The summed E-state index contributed by atoms with van der Waals surface area (Å²) in [4.78, 5) is 14.3. The molecule has 1 aromatic carbocycles. The molecule has 4 nitrogen and oxygen atoms in total. The Hall–Kier alpha value is -1.39. The van der Waals surface area contributed by atoms with E-state index in [2.05, 4.69) is 10.9 Å². The molecule has 1 aromatic rings. The van der Waals surface area contributed by atoms with Crippen LogP contribution in [0.1, 0.15) is 19.3 Å². The zero-order valence-electron chi connectivity index (χ0n) is 10.6. The number of hydrogen-bond acceptors (Lipinski definition) is 3. The number of carbonyl (C=O) groups excluding carboxylic acids is 1. The van der Waals surface area contributed by atoms with Gasteiger partial charge in [0.2, 0.25) is 5.91 Å². The summed E-state index contributed by atoms with van der Waals surface area (Å²) in [6.45, 7) is 0. The van der Waals surface area contributed by atoms with E-state index in [1.165, 1.54) is 12.8 Å². The van der Waals surface area contributed by atoms with E-state index in [0.717, 1.165) is 12.1 Å². The summed E-state index contributed by atoms with van der Waals surface area (Å²) in [6.07, 6.45) is 3.54. The van der Waals surface area contributed by atoms with Crippen LogP contribution in [0.4, 0.5) is 5.69 Å². The molecular weight excluding hydrogens is 226 g/mol. The van der Waals surface area contributed by atoms with Gasteiger partial charge in [0, 0.05) is 24.7 Å². The van der Waals surface area contributed by atoms with Gasteiger partial charge in [-0.15, -0.1) is 0 Å². The number of fused-ring (bicyclic) bond motifs is 1. The molecule has 1 aliphatic heterocycles. The number of rotatable bonds is 2. The van der Waals surface area contributed by atoms with Gasteiger partial charge in [-0.1, -0.05) is 24.6 Å². The maximum atomic E-state index is 12.5. The van der Waals surface area contributed by atoms with Crippen LogP contribution in [0.3, 0.4) is 0 Å². The molecule has 2 N–H and O–H groups in total. The summed E-state index contributed by atoms with van der Waals surface area (Å²) in [5.74, 6) is 0.603. The lowest BCUT2D eigenvalue weighted by atomic mass is 9.96. The maximum absolute atomic E-state index is 12.5. The van der Waals surface area contributed by atoms with Crippen LogP contribution in [-0.2, 0) is 4.79 Å². The van der Waals surface area contributed by atoms with E-state index in [-0.39, 0.29) is 11.9 Å². The quantitative estimate of drug-likeness (QED) is 0.825. The first kappa shape index (κ1) is 11.7. The van der Waals surface area contributed by atoms with Crippen LogP contribution in [0.15, 0.2) is 30.3 Å². The van der Waals surface area contributed by atoms with Gasteiger partial charge in [-0.05, 0) is 25.0 Å². The minimum atomic E-state index is -0.0808. The van der Waals surface area contributed by atoms with Gasteiger partial charge >= 0.3 is 0 Å². The van der Waals surface area contributed by atoms with Gasteiger partial charge in [0.15, 0.2) is 0 Å². The number of nitrogens with one attached hydrogen (secondary N) is 2. The molecule has 3 atom stereocenters. The van der Waals surface area contributed by atoms with Gasteiger partial charge < -0.3 is 4.90 Å². The Morgan fingerprint density at radius 1 is 1.22 bits per heavy atom. The highest BCUT2D eigenvalue weighted by molar-refractivity contribution is 5.97. The second-order valence-electron chi connectivity index (χ2n) is 5.20. The molecule has 1 amide bonds. The average Bonchev–Trinajstić information content (AvgIpc) is 3.00. The standard InChI is InChI=1S/C14H19N3O/c1-17(10-6-3-2-4-7-10)14(18)13-11-8-5-9-12(11)15-16-13/h2-4,6-7,11-13,15-16H,5,8-9H2,1H3. The fourth-order valence-corrected chi connectivity index (χ4v) is 3.10. The number of para-hydroxylation sites is 1. The van der Waals surface area contributed by atoms with Crippen LogP contribution in [0.2, 0.25) is 0 Å². The first-order valence-electron chi connectivity index (χ1n) is 6.61. The number of anilines is 1. The molecule has 0 spiro atoms. The highest BCUT2D eigenvalue weighted by Gasteiger charge is 2.43. The van der Waals surface area contributed by atoms with Crippen LogP contribution in [0, 0.1) is 5.92 Å².